The van der Waals surface area contributed by atoms with E-state index in [1.165, 1.54) is 5.56 Å². The van der Waals surface area contributed by atoms with Crippen molar-refractivity contribution >= 4 is 16.8 Å². The summed E-state index contributed by atoms with van der Waals surface area (Å²) in [4.78, 5) is 11.0. The number of benzene rings is 1. The van der Waals surface area contributed by atoms with Crippen molar-refractivity contribution in [3.8, 4) is 5.75 Å². The Morgan fingerprint density at radius 2 is 2.35 bits per heavy atom. The number of aryl methyl sites for hydroxylation is 1. The number of hydrogen-bond donors (Lipinski definition) is 1. The SMILES string of the molecule is COc1ccc2nn(C)cc2c1C1CC1CNC(C)=O. The third-order valence-electron chi connectivity index (χ3n) is 3.93. The number of methoxy groups -OCH3 is 1. The molecule has 2 unspecified atom stereocenters. The number of fused-ring (bicyclic) bond motifs is 1. The molecule has 2 aromatic rings. The fourth-order valence-corrected chi connectivity index (χ4v) is 2.88. The first kappa shape index (κ1) is 13.0. The van der Waals surface area contributed by atoms with Gasteiger partial charge in [-0.2, -0.15) is 5.10 Å². The van der Waals surface area contributed by atoms with Crippen LogP contribution in [0.5, 0.6) is 5.75 Å². The Labute approximate surface area is 117 Å². The largest absolute Gasteiger partial charge is 0.496 e. The number of ether oxygens (including phenoxy) is 1. The molecule has 5 heteroatoms. The van der Waals surface area contributed by atoms with Crippen molar-refractivity contribution in [1.82, 2.24) is 15.1 Å². The van der Waals surface area contributed by atoms with E-state index < -0.39 is 0 Å². The molecule has 1 N–H and O–H groups in total. The minimum absolute atomic E-state index is 0.0298. The molecule has 2 atom stereocenters. The lowest BCUT2D eigenvalue weighted by Gasteiger charge is -2.09. The number of nitrogens with one attached hydrogen (secondary N) is 1. The first-order valence-corrected chi connectivity index (χ1v) is 6.85. The van der Waals surface area contributed by atoms with Crippen LogP contribution in [0.3, 0.4) is 0 Å². The minimum atomic E-state index is 0.0298. The molecule has 5 nitrogen and oxygen atoms in total. The van der Waals surface area contributed by atoms with Crippen molar-refractivity contribution in [2.75, 3.05) is 13.7 Å². The Morgan fingerprint density at radius 3 is 3.05 bits per heavy atom. The van der Waals surface area contributed by atoms with E-state index in [0.29, 0.717) is 11.8 Å². The van der Waals surface area contributed by atoms with Gasteiger partial charge in [0.1, 0.15) is 5.75 Å². The number of aromatic nitrogens is 2. The van der Waals surface area contributed by atoms with Crippen LogP contribution in [0, 0.1) is 5.92 Å². The zero-order valence-electron chi connectivity index (χ0n) is 12.0. The van der Waals surface area contributed by atoms with E-state index >= 15 is 0 Å². The van der Waals surface area contributed by atoms with Crippen molar-refractivity contribution in [3.63, 3.8) is 0 Å². The lowest BCUT2D eigenvalue weighted by Crippen LogP contribution is -2.22. The Bertz CT molecular complexity index is 662. The quantitative estimate of drug-likeness (QED) is 0.924. The van der Waals surface area contributed by atoms with Crippen LogP contribution < -0.4 is 10.1 Å². The van der Waals surface area contributed by atoms with Crippen molar-refractivity contribution in [1.29, 1.82) is 0 Å². The number of carbonyl (C=O) groups is 1. The van der Waals surface area contributed by atoms with Gasteiger partial charge in [-0.05, 0) is 30.4 Å². The second kappa shape index (κ2) is 4.81. The zero-order chi connectivity index (χ0) is 14.3. The lowest BCUT2D eigenvalue weighted by atomic mass is 10.0. The number of hydrogen-bond acceptors (Lipinski definition) is 3. The van der Waals surface area contributed by atoms with Gasteiger partial charge in [0.2, 0.25) is 5.91 Å². The van der Waals surface area contributed by atoms with Crippen LogP contribution in [0.4, 0.5) is 0 Å². The first-order chi connectivity index (χ1) is 9.60. The van der Waals surface area contributed by atoms with Gasteiger partial charge < -0.3 is 10.1 Å². The summed E-state index contributed by atoms with van der Waals surface area (Å²) in [6.07, 6.45) is 3.13. The molecule has 20 heavy (non-hydrogen) atoms. The second-order valence-corrected chi connectivity index (χ2v) is 5.46. The lowest BCUT2D eigenvalue weighted by molar-refractivity contribution is -0.119. The van der Waals surface area contributed by atoms with Gasteiger partial charge in [0, 0.05) is 37.7 Å². The van der Waals surface area contributed by atoms with E-state index in [2.05, 4.69) is 10.4 Å². The summed E-state index contributed by atoms with van der Waals surface area (Å²) in [5, 5.41) is 8.50. The van der Waals surface area contributed by atoms with E-state index in [-0.39, 0.29) is 5.91 Å². The fourth-order valence-electron chi connectivity index (χ4n) is 2.88. The minimum Gasteiger partial charge on any atom is -0.496 e. The molecule has 1 heterocycles. The van der Waals surface area contributed by atoms with Crippen LogP contribution in [-0.4, -0.2) is 29.3 Å². The normalized spacial score (nSPS) is 20.9. The predicted molar refractivity (Wildman–Crippen MR) is 76.8 cm³/mol. The molecule has 1 fully saturated rings. The molecule has 0 saturated heterocycles. The highest BCUT2D eigenvalue weighted by molar-refractivity contribution is 5.85. The van der Waals surface area contributed by atoms with Gasteiger partial charge >= 0.3 is 0 Å². The average molecular weight is 273 g/mol. The molecule has 0 radical (unpaired) electrons. The average Bonchev–Trinajstić information content (AvgIpc) is 3.07. The van der Waals surface area contributed by atoms with Crippen LogP contribution in [0.15, 0.2) is 18.3 Å². The first-order valence-electron chi connectivity index (χ1n) is 6.85. The maximum atomic E-state index is 11.0. The molecule has 0 bridgehead atoms. The highest BCUT2D eigenvalue weighted by Gasteiger charge is 2.41. The van der Waals surface area contributed by atoms with Gasteiger partial charge in [-0.3, -0.25) is 9.48 Å². The molecule has 1 aromatic carbocycles. The number of amides is 1. The van der Waals surface area contributed by atoms with Crippen molar-refractivity contribution in [2.45, 2.75) is 19.3 Å². The Balaban J connectivity index is 1.92. The highest BCUT2D eigenvalue weighted by Crippen LogP contribution is 2.52. The van der Waals surface area contributed by atoms with Gasteiger partial charge in [-0.25, -0.2) is 0 Å². The third kappa shape index (κ3) is 2.24. The molecule has 3 rings (SSSR count). The molecule has 0 aliphatic heterocycles. The van der Waals surface area contributed by atoms with E-state index in [9.17, 15) is 4.79 Å². The van der Waals surface area contributed by atoms with E-state index in [1.807, 2.05) is 30.1 Å². The standard InChI is InChI=1S/C15H19N3O2/c1-9(19)16-7-10-6-11(10)15-12-8-18(2)17-13(12)4-5-14(15)20-3/h4-5,8,10-11H,6-7H2,1-3H3,(H,16,19). The second-order valence-electron chi connectivity index (χ2n) is 5.46. The third-order valence-corrected chi connectivity index (χ3v) is 3.93. The van der Waals surface area contributed by atoms with Crippen molar-refractivity contribution in [2.24, 2.45) is 13.0 Å². The van der Waals surface area contributed by atoms with E-state index in [1.54, 1.807) is 14.0 Å². The van der Waals surface area contributed by atoms with Gasteiger partial charge in [0.05, 0.1) is 12.6 Å². The van der Waals surface area contributed by atoms with Crippen LogP contribution in [-0.2, 0) is 11.8 Å². The summed E-state index contributed by atoms with van der Waals surface area (Å²) in [7, 11) is 3.63. The van der Waals surface area contributed by atoms with Crippen molar-refractivity contribution < 1.29 is 9.53 Å². The van der Waals surface area contributed by atoms with Crippen LogP contribution in [0.2, 0.25) is 0 Å². The summed E-state index contributed by atoms with van der Waals surface area (Å²) in [6, 6.07) is 3.97. The molecule has 1 aromatic heterocycles. The molecule has 1 amide bonds. The Hall–Kier alpha value is -2.04. The fraction of sp³-hybridized carbons (Fsp3) is 0.467. The van der Waals surface area contributed by atoms with Gasteiger partial charge in [-0.1, -0.05) is 0 Å². The van der Waals surface area contributed by atoms with E-state index in [4.69, 9.17) is 4.74 Å². The smallest absolute Gasteiger partial charge is 0.216 e. The predicted octanol–water partition coefficient (Wildman–Crippen LogP) is 1.82. The topological polar surface area (TPSA) is 56.1 Å². The molecule has 106 valence electrons. The van der Waals surface area contributed by atoms with Crippen LogP contribution >= 0.6 is 0 Å². The molecular formula is C15H19N3O2. The zero-order valence-corrected chi connectivity index (χ0v) is 12.0. The summed E-state index contributed by atoms with van der Waals surface area (Å²) in [6.45, 7) is 2.29. The summed E-state index contributed by atoms with van der Waals surface area (Å²) >= 11 is 0. The molecule has 1 saturated carbocycles. The van der Waals surface area contributed by atoms with E-state index in [0.717, 1.165) is 29.6 Å². The highest BCUT2D eigenvalue weighted by atomic mass is 16.5. The maximum Gasteiger partial charge on any atom is 0.216 e. The number of rotatable bonds is 4. The molecular weight excluding hydrogens is 254 g/mol. The molecule has 1 aliphatic rings. The number of nitrogens with zero attached hydrogens (tertiary/aromatic N) is 2. The number of carbonyl (C=O) groups excluding carboxylic acids is 1. The van der Waals surface area contributed by atoms with Gasteiger partial charge in [-0.15, -0.1) is 0 Å². The monoisotopic (exact) mass is 273 g/mol. The van der Waals surface area contributed by atoms with Crippen LogP contribution in [0.1, 0.15) is 24.8 Å². The summed E-state index contributed by atoms with van der Waals surface area (Å²) < 4.78 is 7.35. The Morgan fingerprint density at radius 1 is 1.55 bits per heavy atom. The maximum absolute atomic E-state index is 11.0. The summed E-state index contributed by atoms with van der Waals surface area (Å²) in [5.74, 6) is 1.89. The van der Waals surface area contributed by atoms with Gasteiger partial charge in [0.15, 0.2) is 0 Å². The van der Waals surface area contributed by atoms with Crippen LogP contribution in [0.25, 0.3) is 10.9 Å². The summed E-state index contributed by atoms with van der Waals surface area (Å²) in [5.41, 5.74) is 2.22. The molecule has 0 spiro atoms. The van der Waals surface area contributed by atoms with Crippen molar-refractivity contribution in [3.05, 3.63) is 23.9 Å². The Kier molecular flexibility index (Phi) is 3.12. The van der Waals surface area contributed by atoms with Gasteiger partial charge in [0.25, 0.3) is 0 Å². The molecule has 1 aliphatic carbocycles.